The fourth-order valence-corrected chi connectivity index (χ4v) is 2.22. The zero-order chi connectivity index (χ0) is 13.5. The van der Waals surface area contributed by atoms with Gasteiger partial charge in [0.05, 0.1) is 11.6 Å². The lowest BCUT2D eigenvalue weighted by Crippen LogP contribution is -2.13. The molecule has 2 nitrogen and oxygen atoms in total. The van der Waals surface area contributed by atoms with Crippen molar-refractivity contribution in [2.24, 2.45) is 0 Å². The predicted octanol–water partition coefficient (Wildman–Crippen LogP) is 5.30. The number of rotatable bonds is 7. The summed E-state index contributed by atoms with van der Waals surface area (Å²) in [5, 5.41) is 4.11. The summed E-state index contributed by atoms with van der Waals surface area (Å²) in [7, 11) is 0. The number of hydrogen-bond acceptors (Lipinski definition) is 2. The van der Waals surface area contributed by atoms with E-state index in [1.807, 2.05) is 36.4 Å². The van der Waals surface area contributed by atoms with Crippen molar-refractivity contribution in [3.63, 3.8) is 0 Å². The first-order chi connectivity index (χ1) is 9.31. The van der Waals surface area contributed by atoms with E-state index in [1.165, 1.54) is 19.3 Å². The summed E-state index contributed by atoms with van der Waals surface area (Å²) >= 11 is 6.15. The van der Waals surface area contributed by atoms with Crippen LogP contribution < -0.4 is 5.32 Å². The van der Waals surface area contributed by atoms with Crippen molar-refractivity contribution in [2.75, 3.05) is 6.54 Å². The Morgan fingerprint density at radius 1 is 1.10 bits per heavy atom. The minimum Gasteiger partial charge on any atom is -0.460 e. The van der Waals surface area contributed by atoms with E-state index in [0.717, 1.165) is 35.2 Å². The van der Waals surface area contributed by atoms with Crippen LogP contribution in [0.3, 0.4) is 0 Å². The number of nitrogens with one attached hydrogen (secondary N) is 1. The third-order valence-electron chi connectivity index (χ3n) is 3.06. The van der Waals surface area contributed by atoms with Crippen LogP contribution in [0, 0.1) is 0 Å². The molecule has 0 atom stereocenters. The molecule has 1 aromatic heterocycles. The number of unbranched alkanes of at least 4 members (excludes halogenated alkanes) is 2. The Hall–Kier alpha value is -0.960. The molecule has 0 aliphatic heterocycles. The zero-order valence-corrected chi connectivity index (χ0v) is 13.3. The molecule has 4 heteroatoms. The zero-order valence-electron chi connectivity index (χ0n) is 11.7. The molecule has 0 saturated heterocycles. The van der Waals surface area contributed by atoms with Crippen LogP contribution in [-0.2, 0) is 6.54 Å². The molecule has 0 spiro atoms. The second kappa shape index (κ2) is 9.06. The minimum atomic E-state index is 0. The maximum Gasteiger partial charge on any atom is 0.135 e. The highest BCUT2D eigenvalue weighted by molar-refractivity contribution is 6.33. The monoisotopic (exact) mass is 313 g/mol. The van der Waals surface area contributed by atoms with Gasteiger partial charge >= 0.3 is 0 Å². The van der Waals surface area contributed by atoms with E-state index in [2.05, 4.69) is 12.2 Å². The van der Waals surface area contributed by atoms with Gasteiger partial charge in [-0.2, -0.15) is 0 Å². The quantitative estimate of drug-likeness (QED) is 0.701. The summed E-state index contributed by atoms with van der Waals surface area (Å²) in [4.78, 5) is 0. The van der Waals surface area contributed by atoms with Gasteiger partial charge < -0.3 is 9.73 Å². The van der Waals surface area contributed by atoms with Gasteiger partial charge in [-0.05, 0) is 37.2 Å². The highest BCUT2D eigenvalue weighted by Gasteiger charge is 2.07. The fourth-order valence-electron chi connectivity index (χ4n) is 1.99. The van der Waals surface area contributed by atoms with Crippen LogP contribution >= 0.6 is 24.0 Å². The smallest absolute Gasteiger partial charge is 0.135 e. The van der Waals surface area contributed by atoms with Crippen molar-refractivity contribution in [2.45, 2.75) is 32.7 Å². The molecule has 0 fully saturated rings. The molecular weight excluding hydrogens is 293 g/mol. The van der Waals surface area contributed by atoms with Crippen molar-refractivity contribution >= 4 is 24.0 Å². The van der Waals surface area contributed by atoms with Gasteiger partial charge in [0.1, 0.15) is 11.5 Å². The van der Waals surface area contributed by atoms with Crippen molar-refractivity contribution < 1.29 is 4.42 Å². The summed E-state index contributed by atoms with van der Waals surface area (Å²) in [5.74, 6) is 1.78. The SMILES string of the molecule is CCCCCNCc1ccc(-c2ccccc2Cl)o1.Cl. The molecule has 2 aromatic rings. The Morgan fingerprint density at radius 3 is 2.65 bits per heavy atom. The average molecular weight is 314 g/mol. The molecule has 110 valence electrons. The molecule has 0 aliphatic carbocycles. The van der Waals surface area contributed by atoms with E-state index in [9.17, 15) is 0 Å². The number of benzene rings is 1. The van der Waals surface area contributed by atoms with Gasteiger partial charge in [-0.15, -0.1) is 12.4 Å². The third kappa shape index (κ3) is 4.86. The Balaban J connectivity index is 0.00000200. The first-order valence-electron chi connectivity index (χ1n) is 6.85. The summed E-state index contributed by atoms with van der Waals surface area (Å²) in [5.41, 5.74) is 0.946. The molecule has 0 amide bonds. The molecule has 1 aromatic carbocycles. The number of furan rings is 1. The Bertz CT molecular complexity index is 511. The molecule has 20 heavy (non-hydrogen) atoms. The average Bonchev–Trinajstić information content (AvgIpc) is 2.88. The van der Waals surface area contributed by atoms with E-state index in [-0.39, 0.29) is 12.4 Å². The van der Waals surface area contributed by atoms with Gasteiger partial charge in [0.25, 0.3) is 0 Å². The number of halogens is 2. The molecular formula is C16H21Cl2NO. The molecule has 0 bridgehead atoms. The van der Waals surface area contributed by atoms with E-state index in [1.54, 1.807) is 0 Å². The molecule has 1 N–H and O–H groups in total. The van der Waals surface area contributed by atoms with Crippen LogP contribution in [0.25, 0.3) is 11.3 Å². The van der Waals surface area contributed by atoms with Crippen molar-refractivity contribution in [1.82, 2.24) is 5.32 Å². The van der Waals surface area contributed by atoms with Crippen molar-refractivity contribution in [3.05, 3.63) is 47.2 Å². The first-order valence-corrected chi connectivity index (χ1v) is 7.23. The van der Waals surface area contributed by atoms with Crippen molar-refractivity contribution in [1.29, 1.82) is 0 Å². The Kier molecular flexibility index (Phi) is 7.75. The van der Waals surface area contributed by atoms with E-state index >= 15 is 0 Å². The molecule has 0 unspecified atom stereocenters. The van der Waals surface area contributed by atoms with Crippen LogP contribution in [0.1, 0.15) is 31.9 Å². The minimum absolute atomic E-state index is 0. The molecule has 2 rings (SSSR count). The molecule has 0 saturated carbocycles. The second-order valence-corrected chi connectivity index (χ2v) is 5.04. The summed E-state index contributed by atoms with van der Waals surface area (Å²) in [6.07, 6.45) is 3.74. The summed E-state index contributed by atoms with van der Waals surface area (Å²) in [6, 6.07) is 11.7. The second-order valence-electron chi connectivity index (χ2n) is 4.63. The highest BCUT2D eigenvalue weighted by atomic mass is 35.5. The van der Waals surface area contributed by atoms with Gasteiger partial charge in [-0.25, -0.2) is 0 Å². The molecule has 0 aliphatic rings. The van der Waals surface area contributed by atoms with Crippen LogP contribution in [0.5, 0.6) is 0 Å². The standard InChI is InChI=1S/C16H20ClNO.ClH/c1-2-3-6-11-18-12-13-9-10-16(19-13)14-7-4-5-8-15(14)17;/h4-5,7-10,18H,2-3,6,11-12H2,1H3;1H. The van der Waals surface area contributed by atoms with Gasteiger partial charge in [0.2, 0.25) is 0 Å². The molecule has 1 heterocycles. The van der Waals surface area contributed by atoms with Crippen LogP contribution in [-0.4, -0.2) is 6.54 Å². The Morgan fingerprint density at radius 2 is 1.90 bits per heavy atom. The molecule has 0 radical (unpaired) electrons. The lowest BCUT2D eigenvalue weighted by atomic mass is 10.2. The first kappa shape index (κ1) is 17.1. The fraction of sp³-hybridized carbons (Fsp3) is 0.375. The van der Waals surface area contributed by atoms with Crippen LogP contribution in [0.15, 0.2) is 40.8 Å². The predicted molar refractivity (Wildman–Crippen MR) is 87.6 cm³/mol. The van der Waals surface area contributed by atoms with E-state index in [0.29, 0.717) is 0 Å². The van der Waals surface area contributed by atoms with Crippen molar-refractivity contribution in [3.8, 4) is 11.3 Å². The van der Waals surface area contributed by atoms with Crippen LogP contribution in [0.2, 0.25) is 5.02 Å². The Labute approximate surface area is 131 Å². The van der Waals surface area contributed by atoms with E-state index < -0.39 is 0 Å². The highest BCUT2D eigenvalue weighted by Crippen LogP contribution is 2.28. The summed E-state index contributed by atoms with van der Waals surface area (Å²) < 4.78 is 5.81. The van der Waals surface area contributed by atoms with Crippen LogP contribution in [0.4, 0.5) is 0 Å². The van der Waals surface area contributed by atoms with Gasteiger partial charge in [-0.3, -0.25) is 0 Å². The largest absolute Gasteiger partial charge is 0.460 e. The lowest BCUT2D eigenvalue weighted by Gasteiger charge is -2.02. The van der Waals surface area contributed by atoms with Gasteiger partial charge in [0, 0.05) is 5.56 Å². The van der Waals surface area contributed by atoms with Gasteiger partial charge in [-0.1, -0.05) is 43.5 Å². The maximum absolute atomic E-state index is 6.15. The lowest BCUT2D eigenvalue weighted by molar-refractivity contribution is 0.488. The normalized spacial score (nSPS) is 10.3. The summed E-state index contributed by atoms with van der Waals surface area (Å²) in [6.45, 7) is 4.02. The number of hydrogen-bond donors (Lipinski definition) is 1. The third-order valence-corrected chi connectivity index (χ3v) is 3.39. The topological polar surface area (TPSA) is 25.2 Å². The van der Waals surface area contributed by atoms with Gasteiger partial charge in [0.15, 0.2) is 0 Å². The van der Waals surface area contributed by atoms with E-state index in [4.69, 9.17) is 16.0 Å². The maximum atomic E-state index is 6.15.